The lowest BCUT2D eigenvalue weighted by molar-refractivity contribution is 0.221. The summed E-state index contributed by atoms with van der Waals surface area (Å²) in [5.41, 5.74) is 1.78. The molecule has 2 aromatic rings. The highest BCUT2D eigenvalue weighted by Gasteiger charge is 2.15. The van der Waals surface area contributed by atoms with Gasteiger partial charge in [0.15, 0.2) is 0 Å². The summed E-state index contributed by atoms with van der Waals surface area (Å²) in [7, 11) is 1.79. The minimum atomic E-state index is -0.134. The number of urea groups is 1. The number of anilines is 2. The highest BCUT2D eigenvalue weighted by molar-refractivity contribution is 7.09. The first-order valence-corrected chi connectivity index (χ1v) is 9.48. The fourth-order valence-corrected chi connectivity index (χ4v) is 3.96. The molecule has 0 bridgehead atoms. The first-order chi connectivity index (χ1) is 11.6. The lowest BCUT2D eigenvalue weighted by Gasteiger charge is -2.29. The number of amides is 2. The zero-order valence-corrected chi connectivity index (χ0v) is 15.4. The topological polar surface area (TPSA) is 35.6 Å². The Balaban J connectivity index is 1.62. The lowest BCUT2D eigenvalue weighted by Crippen LogP contribution is -2.31. The van der Waals surface area contributed by atoms with E-state index in [-0.39, 0.29) is 6.03 Å². The summed E-state index contributed by atoms with van der Waals surface area (Å²) in [6.45, 7) is 2.70. The third-order valence-corrected chi connectivity index (χ3v) is 5.38. The molecule has 1 aliphatic heterocycles. The van der Waals surface area contributed by atoms with Gasteiger partial charge < -0.3 is 15.1 Å². The Kier molecular flexibility index (Phi) is 5.63. The van der Waals surface area contributed by atoms with Gasteiger partial charge in [0.1, 0.15) is 0 Å². The quantitative estimate of drug-likeness (QED) is 0.824. The number of benzene rings is 1. The van der Waals surface area contributed by atoms with Gasteiger partial charge in [0.05, 0.1) is 17.3 Å². The summed E-state index contributed by atoms with van der Waals surface area (Å²) in [4.78, 5) is 17.4. The predicted octanol–water partition coefficient (Wildman–Crippen LogP) is 5.06. The smallest absolute Gasteiger partial charge is 0.321 e. The monoisotopic (exact) mass is 363 g/mol. The Morgan fingerprint density at radius 2 is 2.08 bits per heavy atom. The summed E-state index contributed by atoms with van der Waals surface area (Å²) in [5, 5.41) is 5.62. The molecule has 0 saturated carbocycles. The van der Waals surface area contributed by atoms with Crippen LogP contribution >= 0.6 is 22.9 Å². The van der Waals surface area contributed by atoms with Crippen molar-refractivity contribution >= 4 is 40.3 Å². The van der Waals surface area contributed by atoms with Gasteiger partial charge >= 0.3 is 6.03 Å². The van der Waals surface area contributed by atoms with Crippen molar-refractivity contribution in [3.63, 3.8) is 0 Å². The van der Waals surface area contributed by atoms with Crippen molar-refractivity contribution in [1.82, 2.24) is 4.90 Å². The number of carbonyl (C=O) groups excluding carboxylic acids is 1. The molecule has 1 N–H and O–H groups in total. The van der Waals surface area contributed by atoms with Crippen LogP contribution in [-0.2, 0) is 6.54 Å². The summed E-state index contributed by atoms with van der Waals surface area (Å²) in [6, 6.07) is 9.64. The van der Waals surface area contributed by atoms with Crippen molar-refractivity contribution in [3.8, 4) is 0 Å². The van der Waals surface area contributed by atoms with Crippen molar-refractivity contribution in [2.24, 2.45) is 0 Å². The van der Waals surface area contributed by atoms with E-state index in [2.05, 4.69) is 10.2 Å². The average molecular weight is 364 g/mol. The molecule has 3 rings (SSSR count). The van der Waals surface area contributed by atoms with E-state index in [1.165, 1.54) is 19.3 Å². The minimum Gasteiger partial charge on any atom is -0.370 e. The maximum atomic E-state index is 12.3. The van der Waals surface area contributed by atoms with E-state index >= 15 is 0 Å². The van der Waals surface area contributed by atoms with E-state index in [4.69, 9.17) is 11.6 Å². The SMILES string of the molecule is CN(Cc1cccs1)C(=O)Nc1ccc(N2CCCCC2)c(Cl)c1. The van der Waals surface area contributed by atoms with Crippen molar-refractivity contribution in [2.75, 3.05) is 30.4 Å². The van der Waals surface area contributed by atoms with E-state index < -0.39 is 0 Å². The third kappa shape index (κ3) is 4.22. The Morgan fingerprint density at radius 1 is 1.29 bits per heavy atom. The highest BCUT2D eigenvalue weighted by atomic mass is 35.5. The maximum Gasteiger partial charge on any atom is 0.321 e. The number of halogens is 1. The number of piperidine rings is 1. The van der Waals surface area contributed by atoms with E-state index in [0.29, 0.717) is 11.6 Å². The van der Waals surface area contributed by atoms with Crippen LogP contribution in [-0.4, -0.2) is 31.1 Å². The molecule has 4 nitrogen and oxygen atoms in total. The Morgan fingerprint density at radius 3 is 2.75 bits per heavy atom. The Labute approximate surface area is 152 Å². The Bertz CT molecular complexity index is 684. The van der Waals surface area contributed by atoms with Crippen LogP contribution in [0.25, 0.3) is 0 Å². The normalized spacial score (nSPS) is 14.5. The largest absolute Gasteiger partial charge is 0.370 e. The van der Waals surface area contributed by atoms with Crippen LogP contribution < -0.4 is 10.2 Å². The van der Waals surface area contributed by atoms with Crippen molar-refractivity contribution < 1.29 is 4.79 Å². The molecule has 0 spiro atoms. The fraction of sp³-hybridized carbons (Fsp3) is 0.389. The second kappa shape index (κ2) is 7.90. The summed E-state index contributed by atoms with van der Waals surface area (Å²) < 4.78 is 0. The summed E-state index contributed by atoms with van der Waals surface area (Å²) in [5.74, 6) is 0. The molecule has 2 amide bonds. The number of nitrogens with zero attached hydrogens (tertiary/aromatic N) is 2. The van der Waals surface area contributed by atoms with Gasteiger partial charge in [0.2, 0.25) is 0 Å². The molecule has 0 unspecified atom stereocenters. The van der Waals surface area contributed by atoms with E-state index in [0.717, 1.165) is 29.3 Å². The molecule has 128 valence electrons. The van der Waals surface area contributed by atoms with Crippen LogP contribution in [0.1, 0.15) is 24.1 Å². The first kappa shape index (κ1) is 17.1. The van der Waals surface area contributed by atoms with Crippen molar-refractivity contribution in [3.05, 3.63) is 45.6 Å². The average Bonchev–Trinajstić information content (AvgIpc) is 3.08. The predicted molar refractivity (Wildman–Crippen MR) is 102 cm³/mol. The minimum absolute atomic E-state index is 0.134. The second-order valence-electron chi connectivity index (χ2n) is 6.08. The zero-order valence-electron chi connectivity index (χ0n) is 13.8. The fourth-order valence-electron chi connectivity index (χ4n) is 2.90. The lowest BCUT2D eigenvalue weighted by atomic mass is 10.1. The number of thiophene rings is 1. The molecular weight excluding hydrogens is 342 g/mol. The van der Waals surface area contributed by atoms with Gasteiger partial charge in [-0.2, -0.15) is 0 Å². The molecule has 2 heterocycles. The van der Waals surface area contributed by atoms with Crippen molar-refractivity contribution in [2.45, 2.75) is 25.8 Å². The second-order valence-corrected chi connectivity index (χ2v) is 7.52. The van der Waals surface area contributed by atoms with Gasteiger partial charge in [-0.25, -0.2) is 4.79 Å². The number of hydrogen-bond donors (Lipinski definition) is 1. The Hall–Kier alpha value is -1.72. The zero-order chi connectivity index (χ0) is 16.9. The van der Waals surface area contributed by atoms with Gasteiger partial charge in [-0.15, -0.1) is 11.3 Å². The van der Waals surface area contributed by atoms with Gasteiger partial charge in [-0.05, 0) is 48.9 Å². The number of nitrogens with one attached hydrogen (secondary N) is 1. The maximum absolute atomic E-state index is 12.3. The first-order valence-electron chi connectivity index (χ1n) is 8.22. The van der Waals surface area contributed by atoms with Crippen LogP contribution in [0.15, 0.2) is 35.7 Å². The molecule has 24 heavy (non-hydrogen) atoms. The van der Waals surface area contributed by atoms with Crippen molar-refractivity contribution in [1.29, 1.82) is 0 Å². The van der Waals surface area contributed by atoms with Crippen LogP contribution in [0.5, 0.6) is 0 Å². The number of rotatable bonds is 4. The van der Waals surface area contributed by atoms with Gasteiger partial charge in [-0.3, -0.25) is 0 Å². The van der Waals surface area contributed by atoms with Crippen LogP contribution in [0, 0.1) is 0 Å². The molecule has 0 aliphatic carbocycles. The molecule has 6 heteroatoms. The van der Waals surface area contributed by atoms with Gasteiger partial charge in [0, 0.05) is 30.7 Å². The third-order valence-electron chi connectivity index (χ3n) is 4.22. The molecule has 1 fully saturated rings. The highest BCUT2D eigenvalue weighted by Crippen LogP contribution is 2.31. The van der Waals surface area contributed by atoms with Crippen LogP contribution in [0.4, 0.5) is 16.2 Å². The van der Waals surface area contributed by atoms with E-state index in [1.54, 1.807) is 23.3 Å². The van der Waals surface area contributed by atoms with Gasteiger partial charge in [-0.1, -0.05) is 17.7 Å². The molecule has 1 saturated heterocycles. The molecular formula is C18H22ClN3OS. The summed E-state index contributed by atoms with van der Waals surface area (Å²) >= 11 is 8.08. The molecule has 0 atom stereocenters. The molecule has 1 aromatic heterocycles. The standard InChI is InChI=1S/C18H22ClN3OS/c1-21(13-15-6-5-11-24-15)18(23)20-14-7-8-17(16(19)12-14)22-9-3-2-4-10-22/h5-8,11-12H,2-4,9-10,13H2,1H3,(H,20,23). The molecule has 1 aliphatic rings. The van der Waals surface area contributed by atoms with E-state index in [1.807, 2.05) is 35.7 Å². The number of hydrogen-bond acceptors (Lipinski definition) is 3. The molecule has 0 radical (unpaired) electrons. The summed E-state index contributed by atoms with van der Waals surface area (Å²) in [6.07, 6.45) is 3.71. The van der Waals surface area contributed by atoms with Gasteiger partial charge in [0.25, 0.3) is 0 Å². The van der Waals surface area contributed by atoms with Crippen LogP contribution in [0.2, 0.25) is 5.02 Å². The van der Waals surface area contributed by atoms with Crippen LogP contribution in [0.3, 0.4) is 0 Å². The molecule has 1 aromatic carbocycles. The number of carbonyl (C=O) groups is 1. The van der Waals surface area contributed by atoms with E-state index in [9.17, 15) is 4.79 Å².